The summed E-state index contributed by atoms with van der Waals surface area (Å²) in [4.78, 5) is 11.6. The minimum Gasteiger partial charge on any atom is -0.373 e. The van der Waals surface area contributed by atoms with E-state index in [4.69, 9.17) is 0 Å². The smallest absolute Gasteiger partial charge is 0.191 e. The first kappa shape index (κ1) is 15.1. The SMILES string of the molecule is CNc1cc(NC(C)c2cc(C)sc2C)nc(SC)n1. The van der Waals surface area contributed by atoms with E-state index in [0.29, 0.717) is 0 Å². The highest BCUT2D eigenvalue weighted by atomic mass is 32.2. The van der Waals surface area contributed by atoms with Crippen molar-refractivity contribution >= 4 is 34.7 Å². The van der Waals surface area contributed by atoms with Gasteiger partial charge in [0, 0.05) is 22.9 Å². The van der Waals surface area contributed by atoms with Crippen molar-refractivity contribution in [2.45, 2.75) is 32.0 Å². The molecular weight excluding hydrogens is 288 g/mol. The van der Waals surface area contributed by atoms with Gasteiger partial charge in [0.25, 0.3) is 0 Å². The fourth-order valence-corrected chi connectivity index (χ4v) is 3.50. The van der Waals surface area contributed by atoms with Gasteiger partial charge in [0.15, 0.2) is 5.16 Å². The fourth-order valence-electron chi connectivity index (χ4n) is 2.10. The Kier molecular flexibility index (Phi) is 4.88. The fraction of sp³-hybridized carbons (Fsp3) is 0.429. The van der Waals surface area contributed by atoms with Crippen LogP contribution in [-0.4, -0.2) is 23.3 Å². The van der Waals surface area contributed by atoms with E-state index in [1.807, 2.05) is 30.7 Å². The van der Waals surface area contributed by atoms with Crippen LogP contribution in [0.3, 0.4) is 0 Å². The zero-order chi connectivity index (χ0) is 14.7. The standard InChI is InChI=1S/C14H20N4S2/c1-8-6-11(10(3)20-8)9(2)16-13-7-12(15-4)17-14(18-13)19-5/h6-7,9H,1-5H3,(H2,15,16,17,18). The van der Waals surface area contributed by atoms with Crippen LogP contribution < -0.4 is 10.6 Å². The minimum absolute atomic E-state index is 0.231. The first-order valence-corrected chi connectivity index (χ1v) is 8.52. The van der Waals surface area contributed by atoms with Gasteiger partial charge in [0.05, 0.1) is 6.04 Å². The number of thioether (sulfide) groups is 1. The summed E-state index contributed by atoms with van der Waals surface area (Å²) in [5, 5.41) is 7.30. The van der Waals surface area contributed by atoms with Gasteiger partial charge in [0.2, 0.25) is 0 Å². The lowest BCUT2D eigenvalue weighted by molar-refractivity contribution is 0.854. The number of hydrogen-bond donors (Lipinski definition) is 2. The van der Waals surface area contributed by atoms with Gasteiger partial charge in [-0.15, -0.1) is 11.3 Å². The molecule has 0 bridgehead atoms. The Morgan fingerprint density at radius 1 is 1.20 bits per heavy atom. The van der Waals surface area contributed by atoms with Crippen LogP contribution in [0.5, 0.6) is 0 Å². The molecule has 2 aromatic heterocycles. The molecule has 0 saturated carbocycles. The van der Waals surface area contributed by atoms with Crippen LogP contribution in [0.15, 0.2) is 17.3 Å². The summed E-state index contributed by atoms with van der Waals surface area (Å²) >= 11 is 3.38. The molecule has 6 heteroatoms. The molecule has 0 aliphatic rings. The van der Waals surface area contributed by atoms with Crippen LogP contribution in [0.25, 0.3) is 0 Å². The largest absolute Gasteiger partial charge is 0.373 e. The van der Waals surface area contributed by atoms with Crippen LogP contribution in [0.4, 0.5) is 11.6 Å². The number of nitrogens with one attached hydrogen (secondary N) is 2. The molecule has 0 spiro atoms. The van der Waals surface area contributed by atoms with Gasteiger partial charge >= 0.3 is 0 Å². The molecule has 2 heterocycles. The van der Waals surface area contributed by atoms with Gasteiger partial charge in [-0.2, -0.15) is 0 Å². The first-order chi connectivity index (χ1) is 9.53. The molecule has 1 unspecified atom stereocenters. The lowest BCUT2D eigenvalue weighted by Crippen LogP contribution is -2.09. The maximum Gasteiger partial charge on any atom is 0.191 e. The van der Waals surface area contributed by atoms with Crippen molar-refractivity contribution in [3.63, 3.8) is 0 Å². The summed E-state index contributed by atoms with van der Waals surface area (Å²) in [6.07, 6.45) is 1.98. The molecule has 20 heavy (non-hydrogen) atoms. The maximum absolute atomic E-state index is 4.51. The average molecular weight is 308 g/mol. The highest BCUT2D eigenvalue weighted by Gasteiger charge is 2.12. The minimum atomic E-state index is 0.231. The van der Waals surface area contributed by atoms with Crippen molar-refractivity contribution in [2.24, 2.45) is 0 Å². The molecule has 0 amide bonds. The van der Waals surface area contributed by atoms with Gasteiger partial charge in [-0.25, -0.2) is 9.97 Å². The summed E-state index contributed by atoms with van der Waals surface area (Å²) in [6, 6.07) is 4.41. The molecule has 0 fully saturated rings. The van der Waals surface area contributed by atoms with Crippen LogP contribution in [-0.2, 0) is 0 Å². The van der Waals surface area contributed by atoms with Crippen molar-refractivity contribution in [1.29, 1.82) is 0 Å². The molecule has 0 aliphatic heterocycles. The first-order valence-electron chi connectivity index (χ1n) is 6.47. The second-order valence-electron chi connectivity index (χ2n) is 4.61. The van der Waals surface area contributed by atoms with Crippen LogP contribution >= 0.6 is 23.1 Å². The second kappa shape index (κ2) is 6.45. The third-order valence-corrected chi connectivity index (χ3v) is 4.58. The quantitative estimate of drug-likeness (QED) is 0.643. The molecule has 2 aromatic rings. The molecule has 108 valence electrons. The van der Waals surface area contributed by atoms with E-state index in [1.165, 1.54) is 15.3 Å². The van der Waals surface area contributed by atoms with Crippen molar-refractivity contribution in [3.8, 4) is 0 Å². The van der Waals surface area contributed by atoms with Gasteiger partial charge in [-0.3, -0.25) is 0 Å². The van der Waals surface area contributed by atoms with Gasteiger partial charge in [0.1, 0.15) is 11.6 Å². The number of aromatic nitrogens is 2. The lowest BCUT2D eigenvalue weighted by atomic mass is 10.1. The monoisotopic (exact) mass is 308 g/mol. The third kappa shape index (κ3) is 3.43. The summed E-state index contributed by atoms with van der Waals surface area (Å²) < 4.78 is 0. The van der Waals surface area contributed by atoms with Crippen molar-refractivity contribution in [1.82, 2.24) is 9.97 Å². The van der Waals surface area contributed by atoms with Crippen LogP contribution in [0.2, 0.25) is 0 Å². The Bertz CT molecular complexity index is 573. The Hall–Kier alpha value is -1.27. The number of nitrogens with zero attached hydrogens (tertiary/aromatic N) is 2. The van der Waals surface area contributed by atoms with Crippen molar-refractivity contribution in [2.75, 3.05) is 23.9 Å². The van der Waals surface area contributed by atoms with Crippen molar-refractivity contribution in [3.05, 3.63) is 27.5 Å². The Labute approximate surface area is 128 Å². The number of hydrogen-bond acceptors (Lipinski definition) is 6. The summed E-state index contributed by atoms with van der Waals surface area (Å²) in [5.41, 5.74) is 1.34. The van der Waals surface area contributed by atoms with Crippen LogP contribution in [0.1, 0.15) is 28.3 Å². The molecule has 0 saturated heterocycles. The molecule has 2 rings (SSSR count). The molecule has 4 nitrogen and oxygen atoms in total. The predicted molar refractivity (Wildman–Crippen MR) is 89.2 cm³/mol. The molecule has 2 N–H and O–H groups in total. The molecule has 0 radical (unpaired) electrons. The zero-order valence-electron chi connectivity index (χ0n) is 12.4. The normalized spacial score (nSPS) is 12.2. The van der Waals surface area contributed by atoms with E-state index in [-0.39, 0.29) is 6.04 Å². The van der Waals surface area contributed by atoms with Crippen molar-refractivity contribution < 1.29 is 0 Å². The van der Waals surface area contributed by atoms with Gasteiger partial charge < -0.3 is 10.6 Å². The predicted octanol–water partition coefficient (Wildman–Crippen LogP) is 4.09. The van der Waals surface area contributed by atoms with E-state index in [0.717, 1.165) is 16.8 Å². The van der Waals surface area contributed by atoms with Gasteiger partial charge in [-0.05, 0) is 38.7 Å². The molecule has 0 aromatic carbocycles. The lowest BCUT2D eigenvalue weighted by Gasteiger charge is -2.15. The number of thiophene rings is 1. The maximum atomic E-state index is 4.51. The molecule has 1 atom stereocenters. The Balaban J connectivity index is 2.22. The summed E-state index contributed by atoms with van der Waals surface area (Å²) in [5.74, 6) is 1.68. The Morgan fingerprint density at radius 3 is 2.45 bits per heavy atom. The van der Waals surface area contributed by atoms with E-state index >= 15 is 0 Å². The summed E-state index contributed by atoms with van der Waals surface area (Å²) in [6.45, 7) is 6.47. The van der Waals surface area contributed by atoms with Crippen LogP contribution in [0, 0.1) is 13.8 Å². The van der Waals surface area contributed by atoms with E-state index in [2.05, 4.69) is 47.4 Å². The molecule has 0 aliphatic carbocycles. The average Bonchev–Trinajstić information content (AvgIpc) is 2.77. The number of aryl methyl sites for hydroxylation is 2. The highest BCUT2D eigenvalue weighted by molar-refractivity contribution is 7.98. The Morgan fingerprint density at radius 2 is 1.90 bits per heavy atom. The van der Waals surface area contributed by atoms with E-state index in [9.17, 15) is 0 Å². The van der Waals surface area contributed by atoms with E-state index in [1.54, 1.807) is 11.8 Å². The zero-order valence-corrected chi connectivity index (χ0v) is 14.1. The second-order valence-corrected chi connectivity index (χ2v) is 6.84. The van der Waals surface area contributed by atoms with E-state index < -0.39 is 0 Å². The number of anilines is 2. The number of rotatable bonds is 5. The van der Waals surface area contributed by atoms with Gasteiger partial charge in [-0.1, -0.05) is 11.8 Å². The third-order valence-electron chi connectivity index (χ3n) is 3.05. The topological polar surface area (TPSA) is 49.8 Å². The highest BCUT2D eigenvalue weighted by Crippen LogP contribution is 2.29. The summed E-state index contributed by atoms with van der Waals surface area (Å²) in [7, 11) is 1.87. The molecular formula is C14H20N4S2.